The molecule has 9 rings (SSSR count). The minimum absolute atomic E-state index is 0.0387. The Morgan fingerprint density at radius 1 is 0.857 bits per heavy atom. The van der Waals surface area contributed by atoms with Gasteiger partial charge >= 0.3 is 17.8 Å². The molecule has 0 spiro atoms. The van der Waals surface area contributed by atoms with E-state index < -0.39 is 5.91 Å². The van der Waals surface area contributed by atoms with Crippen molar-refractivity contribution in [1.29, 1.82) is 0 Å². The molecule has 0 bridgehead atoms. The summed E-state index contributed by atoms with van der Waals surface area (Å²) < 4.78 is 5.20. The van der Waals surface area contributed by atoms with E-state index in [1.165, 1.54) is 49.9 Å². The van der Waals surface area contributed by atoms with Gasteiger partial charge in [-0.25, -0.2) is 9.78 Å². The number of hydrogen-bond donors (Lipinski definition) is 3. The summed E-state index contributed by atoms with van der Waals surface area (Å²) in [5, 5.41) is 17.9. The van der Waals surface area contributed by atoms with E-state index in [0.717, 1.165) is 76.7 Å². The second-order valence-corrected chi connectivity index (χ2v) is 18.4. The zero-order valence-corrected chi connectivity index (χ0v) is 36.6. The van der Waals surface area contributed by atoms with Crippen molar-refractivity contribution in [3.05, 3.63) is 107 Å². The van der Waals surface area contributed by atoms with Crippen LogP contribution >= 0.6 is 0 Å². The van der Waals surface area contributed by atoms with E-state index in [1.807, 2.05) is 58.2 Å². The number of aromatic nitrogens is 5. The summed E-state index contributed by atoms with van der Waals surface area (Å²) in [6, 6.07) is 25.2. The maximum Gasteiger partial charge on any atom is 0.328 e. The smallest absolute Gasteiger partial charge is 0.328 e. The van der Waals surface area contributed by atoms with Gasteiger partial charge in [-0.2, -0.15) is 10.1 Å². The molecule has 0 atom stereocenters. The van der Waals surface area contributed by atoms with Gasteiger partial charge in [0.1, 0.15) is 0 Å². The third-order valence-corrected chi connectivity index (χ3v) is 13.1. The number of rotatable bonds is 11. The SMILES string of the molecule is Cc1cc(-c2[nH]nc3ncc(-c4ccc(C5CCN(CCC6CCN(c7ccc(N8CCC(=O)NC8=O)cc7)CC6)CC5)cc4)cc23)ccc1CNC(=O)c1nc(C(C)(C)C)no1. The third-order valence-electron chi connectivity index (χ3n) is 13.1. The van der Waals surface area contributed by atoms with Gasteiger partial charge in [-0.15, -0.1) is 0 Å². The molecule has 0 saturated carbocycles. The number of aromatic amines is 1. The lowest BCUT2D eigenvalue weighted by molar-refractivity contribution is -0.120. The second kappa shape index (κ2) is 17.8. The van der Waals surface area contributed by atoms with Crippen molar-refractivity contribution in [2.75, 3.05) is 49.1 Å². The lowest BCUT2D eigenvalue weighted by atomic mass is 9.88. The fraction of sp³-hybridized carbons (Fsp3) is 0.408. The number of nitrogens with zero attached hydrogens (tertiary/aromatic N) is 7. The number of benzene rings is 3. The van der Waals surface area contributed by atoms with Crippen LogP contribution in [0.2, 0.25) is 0 Å². The first-order chi connectivity index (χ1) is 30.4. The van der Waals surface area contributed by atoms with E-state index in [0.29, 0.717) is 36.9 Å². The van der Waals surface area contributed by atoms with Crippen molar-refractivity contribution in [3.63, 3.8) is 0 Å². The summed E-state index contributed by atoms with van der Waals surface area (Å²) in [5.74, 6) is 1.16. The number of nitrogens with one attached hydrogen (secondary N) is 3. The first-order valence-corrected chi connectivity index (χ1v) is 22.3. The highest BCUT2D eigenvalue weighted by atomic mass is 16.5. The predicted molar refractivity (Wildman–Crippen MR) is 244 cm³/mol. The molecule has 3 aromatic heterocycles. The normalized spacial score (nSPS) is 17.1. The number of H-pyrrole nitrogens is 1. The number of imide groups is 1. The molecule has 14 heteroatoms. The van der Waals surface area contributed by atoms with Gasteiger partial charge < -0.3 is 19.6 Å². The Morgan fingerprint density at radius 2 is 1.59 bits per heavy atom. The lowest BCUT2D eigenvalue weighted by Crippen LogP contribution is -2.49. The monoisotopic (exact) mass is 848 g/mol. The molecule has 14 nitrogen and oxygen atoms in total. The number of amides is 4. The first kappa shape index (κ1) is 41.9. The van der Waals surface area contributed by atoms with Crippen LogP contribution in [0, 0.1) is 12.8 Å². The number of aryl methyl sites for hydroxylation is 1. The van der Waals surface area contributed by atoms with Crippen molar-refractivity contribution in [3.8, 4) is 22.4 Å². The van der Waals surface area contributed by atoms with E-state index in [9.17, 15) is 14.4 Å². The van der Waals surface area contributed by atoms with Crippen LogP contribution in [-0.4, -0.2) is 87.3 Å². The van der Waals surface area contributed by atoms with Gasteiger partial charge in [-0.1, -0.05) is 62.3 Å². The van der Waals surface area contributed by atoms with E-state index >= 15 is 0 Å². The average Bonchev–Trinajstić information content (AvgIpc) is 3.98. The maximum absolute atomic E-state index is 12.7. The summed E-state index contributed by atoms with van der Waals surface area (Å²) in [4.78, 5) is 52.2. The minimum Gasteiger partial charge on any atom is -0.372 e. The zero-order valence-electron chi connectivity index (χ0n) is 36.6. The topological polar surface area (TPSA) is 165 Å². The van der Waals surface area contributed by atoms with Crippen molar-refractivity contribution in [1.82, 2.24) is 40.9 Å². The summed E-state index contributed by atoms with van der Waals surface area (Å²) >= 11 is 0. The Hall–Kier alpha value is -6.41. The molecule has 3 aromatic carbocycles. The Bertz CT molecular complexity index is 2600. The standard InChI is InChI=1S/C49H56N10O4/c1-31-27-36(9-10-37(31)29-51-45(61)46-53-47(56-63-46)49(2,3)4)43-41-28-38(30-50-44(41)55-54-43)34-7-5-33(6-8-34)35-18-22-57(23-19-35)21-15-32-16-24-58(25-17-32)39-11-13-40(14-12-39)59-26-20-42(60)52-48(59)62/h5-14,27-28,30,32,35H,15-26,29H2,1-4H3,(H,51,61)(H,50,54,55)(H,52,60,62). The lowest BCUT2D eigenvalue weighted by Gasteiger charge is -2.36. The van der Waals surface area contributed by atoms with E-state index in [1.54, 1.807) is 4.90 Å². The number of urea groups is 1. The molecule has 326 valence electrons. The number of carbonyl (C=O) groups excluding carboxylic acids is 3. The van der Waals surface area contributed by atoms with Crippen molar-refractivity contribution < 1.29 is 18.9 Å². The van der Waals surface area contributed by atoms with E-state index in [2.05, 4.69) is 89.3 Å². The van der Waals surface area contributed by atoms with Gasteiger partial charge in [0.2, 0.25) is 5.91 Å². The predicted octanol–water partition coefficient (Wildman–Crippen LogP) is 8.14. The molecule has 0 unspecified atom stereocenters. The molecule has 3 saturated heterocycles. The van der Waals surface area contributed by atoms with Gasteiger partial charge in [-0.3, -0.25) is 24.9 Å². The highest BCUT2D eigenvalue weighted by molar-refractivity contribution is 6.05. The van der Waals surface area contributed by atoms with Crippen molar-refractivity contribution in [2.45, 2.75) is 84.1 Å². The summed E-state index contributed by atoms with van der Waals surface area (Å²) in [7, 11) is 0. The molecule has 6 heterocycles. The molecule has 0 radical (unpaired) electrons. The van der Waals surface area contributed by atoms with Crippen LogP contribution in [0.25, 0.3) is 33.4 Å². The highest BCUT2D eigenvalue weighted by Gasteiger charge is 2.27. The molecule has 3 fully saturated rings. The third kappa shape index (κ3) is 9.36. The molecular formula is C49H56N10O4. The highest BCUT2D eigenvalue weighted by Crippen LogP contribution is 2.34. The molecule has 6 aromatic rings. The van der Waals surface area contributed by atoms with Crippen LogP contribution in [0.4, 0.5) is 16.2 Å². The fourth-order valence-corrected chi connectivity index (χ4v) is 9.14. The van der Waals surface area contributed by atoms with E-state index in [4.69, 9.17) is 9.51 Å². The molecule has 3 aliphatic heterocycles. The molecule has 4 amide bonds. The number of hydrogen-bond acceptors (Lipinski definition) is 10. The Morgan fingerprint density at radius 3 is 2.29 bits per heavy atom. The van der Waals surface area contributed by atoms with Crippen LogP contribution in [0.15, 0.2) is 83.5 Å². The van der Waals surface area contributed by atoms with E-state index in [-0.39, 0.29) is 23.2 Å². The van der Waals surface area contributed by atoms with Gasteiger partial charge in [0.05, 0.1) is 5.69 Å². The first-order valence-electron chi connectivity index (χ1n) is 22.3. The van der Waals surface area contributed by atoms with Gasteiger partial charge in [0, 0.05) is 72.1 Å². The van der Waals surface area contributed by atoms with Crippen LogP contribution < -0.4 is 20.4 Å². The van der Waals surface area contributed by atoms with Gasteiger partial charge in [0.25, 0.3) is 0 Å². The molecule has 0 aliphatic carbocycles. The largest absolute Gasteiger partial charge is 0.372 e. The van der Waals surface area contributed by atoms with Crippen LogP contribution in [0.1, 0.15) is 98.4 Å². The quantitative estimate of drug-likeness (QED) is 0.116. The number of piperidine rings is 2. The Labute approximate surface area is 367 Å². The zero-order chi connectivity index (χ0) is 43.7. The van der Waals surface area contributed by atoms with Crippen LogP contribution in [-0.2, 0) is 16.8 Å². The Balaban J connectivity index is 0.741. The second-order valence-electron chi connectivity index (χ2n) is 18.4. The summed E-state index contributed by atoms with van der Waals surface area (Å²) in [6.45, 7) is 14.2. The maximum atomic E-state index is 12.7. The minimum atomic E-state index is -0.399. The molecule has 3 N–H and O–H groups in total. The number of fused-ring (bicyclic) bond motifs is 1. The van der Waals surface area contributed by atoms with Gasteiger partial charge in [0.15, 0.2) is 11.5 Å². The fourth-order valence-electron chi connectivity index (χ4n) is 9.14. The van der Waals surface area contributed by atoms with Crippen molar-refractivity contribution in [2.24, 2.45) is 5.92 Å². The molecule has 3 aliphatic rings. The Kier molecular flexibility index (Phi) is 11.8. The summed E-state index contributed by atoms with van der Waals surface area (Å²) in [5.41, 5.74) is 9.88. The van der Waals surface area contributed by atoms with Gasteiger partial charge in [-0.05, 0) is 129 Å². The van der Waals surface area contributed by atoms with Crippen LogP contribution in [0.3, 0.4) is 0 Å². The molecular weight excluding hydrogens is 793 g/mol. The number of likely N-dealkylation sites (tertiary alicyclic amines) is 1. The number of pyridine rings is 1. The van der Waals surface area contributed by atoms with Crippen molar-refractivity contribution >= 4 is 40.3 Å². The summed E-state index contributed by atoms with van der Waals surface area (Å²) in [6.07, 6.45) is 8.23. The van der Waals surface area contributed by atoms with Crippen LogP contribution in [0.5, 0.6) is 0 Å². The molecule has 63 heavy (non-hydrogen) atoms. The average molecular weight is 849 g/mol. The number of anilines is 2. The number of carbonyl (C=O) groups is 3.